The van der Waals surface area contributed by atoms with E-state index in [-0.39, 0.29) is 22.8 Å². The summed E-state index contributed by atoms with van der Waals surface area (Å²) in [4.78, 5) is 21.2. The molecule has 0 aromatic heterocycles. The largest absolute Gasteiger partial charge is 0.490 e. The first-order valence-electron chi connectivity index (χ1n) is 20.2. The Labute approximate surface area is 333 Å². The van der Waals surface area contributed by atoms with Crippen molar-refractivity contribution < 1.29 is 27.4 Å². The van der Waals surface area contributed by atoms with E-state index in [1.807, 2.05) is 32.2 Å². The number of amides is 1. The molecule has 1 N–H and O–H groups in total. The number of fused-ring (bicyclic) bond motifs is 4. The van der Waals surface area contributed by atoms with Crippen molar-refractivity contribution in [2.45, 2.75) is 88.0 Å². The van der Waals surface area contributed by atoms with Crippen LogP contribution in [0.5, 0.6) is 5.75 Å². The number of sulfonamides is 1. The van der Waals surface area contributed by atoms with E-state index in [0.29, 0.717) is 43.4 Å². The maximum absolute atomic E-state index is 13.7. The Hall–Kier alpha value is -2.67. The molecule has 2 aromatic carbocycles. The molecular formula is C43H61ClN4O6S. The maximum Gasteiger partial charge on any atom is 0.264 e. The number of carbonyl (C=O) groups is 1. The van der Waals surface area contributed by atoms with Gasteiger partial charge in [-0.3, -0.25) is 14.6 Å². The van der Waals surface area contributed by atoms with Gasteiger partial charge in [0.15, 0.2) is 0 Å². The number of methoxy groups -OCH3 is 2. The molecule has 1 spiro atoms. The van der Waals surface area contributed by atoms with Crippen molar-refractivity contribution in [2.75, 3.05) is 78.1 Å². The highest BCUT2D eigenvalue weighted by Gasteiger charge is 2.50. The normalized spacial score (nSPS) is 32.3. The van der Waals surface area contributed by atoms with E-state index in [9.17, 15) is 13.2 Å². The number of ether oxygens (including phenoxy) is 3. The van der Waals surface area contributed by atoms with Gasteiger partial charge in [-0.25, -0.2) is 13.1 Å². The van der Waals surface area contributed by atoms with Crippen LogP contribution in [0, 0.1) is 17.8 Å². The highest BCUT2D eigenvalue weighted by atomic mass is 35.5. The first kappa shape index (κ1) is 40.5. The molecule has 6 atom stereocenters. The average Bonchev–Trinajstić information content (AvgIpc) is 3.29. The molecule has 10 nitrogen and oxygen atoms in total. The van der Waals surface area contributed by atoms with Crippen molar-refractivity contribution in [1.29, 1.82) is 0 Å². The van der Waals surface area contributed by atoms with Crippen LogP contribution in [0.1, 0.15) is 81.3 Å². The van der Waals surface area contributed by atoms with Gasteiger partial charge in [0.05, 0.1) is 24.2 Å². The minimum atomic E-state index is -3.97. The number of piperazine rings is 1. The zero-order valence-electron chi connectivity index (χ0n) is 33.6. The first-order chi connectivity index (χ1) is 26.2. The molecule has 3 aliphatic heterocycles. The van der Waals surface area contributed by atoms with Gasteiger partial charge in [-0.1, -0.05) is 36.7 Å². The molecular weight excluding hydrogens is 736 g/mol. The number of hydrogen-bond donors (Lipinski definition) is 1. The second kappa shape index (κ2) is 15.9. The second-order valence-electron chi connectivity index (χ2n) is 17.7. The zero-order chi connectivity index (χ0) is 39.2. The molecule has 55 heavy (non-hydrogen) atoms. The number of hydrogen-bond acceptors (Lipinski definition) is 9. The number of nitrogens with zero attached hydrogens (tertiary/aromatic N) is 3. The molecule has 2 bridgehead atoms. The fourth-order valence-electron chi connectivity index (χ4n) is 10.1. The summed E-state index contributed by atoms with van der Waals surface area (Å²) in [5.74, 6) is 0.432. The van der Waals surface area contributed by atoms with Gasteiger partial charge < -0.3 is 19.1 Å². The fourth-order valence-corrected chi connectivity index (χ4v) is 11.6. The lowest BCUT2D eigenvalue weighted by Crippen LogP contribution is -2.61. The van der Waals surface area contributed by atoms with Gasteiger partial charge >= 0.3 is 0 Å². The van der Waals surface area contributed by atoms with Crippen LogP contribution < -0.4 is 14.4 Å². The van der Waals surface area contributed by atoms with Crippen molar-refractivity contribution >= 4 is 33.2 Å². The molecule has 3 heterocycles. The molecule has 2 fully saturated rings. The third kappa shape index (κ3) is 8.08. The van der Waals surface area contributed by atoms with E-state index >= 15 is 0 Å². The predicted octanol–water partition coefficient (Wildman–Crippen LogP) is 6.31. The second-order valence-corrected chi connectivity index (χ2v) is 20.2. The van der Waals surface area contributed by atoms with Gasteiger partial charge in [0.1, 0.15) is 11.4 Å². The molecule has 0 radical (unpaired) electrons. The van der Waals surface area contributed by atoms with Crippen LogP contribution in [0.2, 0.25) is 5.02 Å². The monoisotopic (exact) mass is 796 g/mol. The number of halogens is 1. The molecule has 2 aromatic rings. The summed E-state index contributed by atoms with van der Waals surface area (Å²) < 4.78 is 48.7. The first-order valence-corrected chi connectivity index (χ1v) is 22.2. The van der Waals surface area contributed by atoms with E-state index in [0.717, 1.165) is 82.1 Å². The Bertz CT molecular complexity index is 1860. The predicted molar refractivity (Wildman–Crippen MR) is 219 cm³/mol. The molecule has 5 aliphatic rings. The number of aryl methyl sites for hydroxylation is 1. The molecule has 0 unspecified atom stereocenters. The summed E-state index contributed by atoms with van der Waals surface area (Å²) in [6, 6.07) is 11.7. The van der Waals surface area contributed by atoms with Gasteiger partial charge in [-0.2, -0.15) is 0 Å². The quantitative estimate of drug-likeness (QED) is 0.338. The maximum atomic E-state index is 13.7. The lowest BCUT2D eigenvalue weighted by atomic mass is 9.63. The molecule has 12 heteroatoms. The van der Waals surface area contributed by atoms with Crippen LogP contribution in [-0.2, 0) is 31.3 Å². The van der Waals surface area contributed by atoms with Crippen molar-refractivity contribution in [3.05, 3.63) is 70.3 Å². The summed E-state index contributed by atoms with van der Waals surface area (Å²) in [6.45, 7) is 15.3. The molecule has 2 aliphatic carbocycles. The van der Waals surface area contributed by atoms with Gasteiger partial charge in [0, 0.05) is 81.6 Å². The number of anilines is 1. The number of carbonyl (C=O) groups excluding carboxylic acids is 1. The fraction of sp³-hybridized carbons (Fsp3) is 0.651. The van der Waals surface area contributed by atoms with Crippen molar-refractivity contribution in [2.24, 2.45) is 17.8 Å². The topological polar surface area (TPSA) is 101 Å². The smallest absolute Gasteiger partial charge is 0.264 e. The summed E-state index contributed by atoms with van der Waals surface area (Å²) in [6.07, 6.45) is 10.0. The average molecular weight is 798 g/mol. The number of nitrogens with one attached hydrogen (secondary N) is 1. The minimum absolute atomic E-state index is 0.0388. The van der Waals surface area contributed by atoms with Crippen LogP contribution in [-0.4, -0.2) is 114 Å². The van der Waals surface area contributed by atoms with Crippen molar-refractivity contribution in [3.8, 4) is 5.75 Å². The standard InChI is InChI=1S/C43H61ClN4O6S/c1-30-9-7-18-43(53-6,27-46-19-21-48(22-20-46)41(3,4)28-52-5)37-14-11-34(37)25-47-26-42(17-8-10-32-23-35(44)13-15-36(32)42)29-54-39-16-12-33(24-38(39)47)40(49)45-55(50,51)31(30)2/h7,12-13,15-16,18,23-24,30-31,34,37H,8-11,14,17,19-22,25-29H2,1-6H3,(H,45,49)/b18-7+/t30-,31+,34-,37+,42-,43+/m0/s1. The highest BCUT2D eigenvalue weighted by Crippen LogP contribution is 2.49. The molecule has 7 rings (SSSR count). The van der Waals surface area contributed by atoms with Crippen molar-refractivity contribution in [1.82, 2.24) is 14.5 Å². The molecule has 1 saturated heterocycles. The zero-order valence-corrected chi connectivity index (χ0v) is 35.2. The summed E-state index contributed by atoms with van der Waals surface area (Å²) in [5.41, 5.74) is 2.81. The van der Waals surface area contributed by atoms with Gasteiger partial charge in [0.2, 0.25) is 10.0 Å². The molecule has 1 saturated carbocycles. The van der Waals surface area contributed by atoms with Gasteiger partial charge in [-0.15, -0.1) is 0 Å². The lowest BCUT2D eigenvalue weighted by Gasteiger charge is -2.53. The Balaban J connectivity index is 1.26. The Morgan fingerprint density at radius 1 is 1.05 bits per heavy atom. The molecule has 1 amide bonds. The van der Waals surface area contributed by atoms with Crippen molar-refractivity contribution in [3.63, 3.8) is 0 Å². The third-order valence-electron chi connectivity index (χ3n) is 13.8. The van der Waals surface area contributed by atoms with Crippen LogP contribution >= 0.6 is 11.6 Å². The van der Waals surface area contributed by atoms with E-state index in [4.69, 9.17) is 25.8 Å². The summed E-state index contributed by atoms with van der Waals surface area (Å²) >= 11 is 6.51. The Morgan fingerprint density at radius 2 is 1.84 bits per heavy atom. The summed E-state index contributed by atoms with van der Waals surface area (Å²) in [5, 5.41) is -0.0411. The van der Waals surface area contributed by atoms with E-state index in [1.54, 1.807) is 20.1 Å². The van der Waals surface area contributed by atoms with E-state index < -0.39 is 26.8 Å². The van der Waals surface area contributed by atoms with Crippen LogP contribution in [0.4, 0.5) is 5.69 Å². The number of rotatable bonds is 6. The van der Waals surface area contributed by atoms with E-state index in [1.165, 1.54) is 11.1 Å². The van der Waals surface area contributed by atoms with Crippen LogP contribution in [0.25, 0.3) is 0 Å². The van der Waals surface area contributed by atoms with Crippen LogP contribution in [0.3, 0.4) is 0 Å². The van der Waals surface area contributed by atoms with Crippen LogP contribution in [0.15, 0.2) is 48.6 Å². The Kier molecular flexibility index (Phi) is 11.7. The lowest BCUT2D eigenvalue weighted by molar-refractivity contribution is -0.0992. The number of benzene rings is 2. The molecule has 302 valence electrons. The van der Waals surface area contributed by atoms with E-state index in [2.05, 4.69) is 57.6 Å². The highest BCUT2D eigenvalue weighted by molar-refractivity contribution is 7.90. The van der Waals surface area contributed by atoms with Gasteiger partial charge in [-0.05, 0) is 119 Å². The SMILES string of the molecule is COCC(C)(C)N1CCN(C[C@]2(OC)/C=C/C[C@H](C)[C@@H](C)S(=O)(=O)NC(=O)c3ccc4c(c3)N(C[C@@H]3CC[C@H]32)C[C@@]2(CCCc3cc(Cl)ccc32)CO4)CC1. The third-order valence-corrected chi connectivity index (χ3v) is 16.0. The minimum Gasteiger partial charge on any atom is -0.490 e. The Morgan fingerprint density at radius 3 is 2.55 bits per heavy atom. The summed E-state index contributed by atoms with van der Waals surface area (Å²) in [7, 11) is -0.347. The number of allylic oxidation sites excluding steroid dienone is 1. The van der Waals surface area contributed by atoms with Gasteiger partial charge in [0.25, 0.3) is 5.91 Å².